The largest absolute Gasteiger partial charge is 0.330 e. The van der Waals surface area contributed by atoms with Gasteiger partial charge in [-0.1, -0.05) is 34.1 Å². The van der Waals surface area contributed by atoms with E-state index in [-0.39, 0.29) is 7.43 Å². The van der Waals surface area contributed by atoms with Gasteiger partial charge < -0.3 is 5.73 Å². The summed E-state index contributed by atoms with van der Waals surface area (Å²) >= 11 is 4.00. The predicted molar refractivity (Wildman–Crippen MR) is 59.5 cm³/mol. The predicted octanol–water partition coefficient (Wildman–Crippen LogP) is 3.10. The molecule has 0 aliphatic heterocycles. The smallest absolute Gasteiger partial charge is 0.00774 e. The van der Waals surface area contributed by atoms with Crippen LogP contribution in [0.25, 0.3) is 0 Å². The summed E-state index contributed by atoms with van der Waals surface area (Å²) in [6.45, 7) is 5.14. The Kier molecular flexibility index (Phi) is 35.5. The SMILES string of the molecule is C.CCCCN.CCCCS. The molecule has 0 heterocycles. The van der Waals surface area contributed by atoms with Crippen molar-refractivity contribution < 1.29 is 0 Å². The van der Waals surface area contributed by atoms with E-state index in [9.17, 15) is 0 Å². The van der Waals surface area contributed by atoms with E-state index in [2.05, 4.69) is 26.5 Å². The molecule has 0 saturated heterocycles. The van der Waals surface area contributed by atoms with Gasteiger partial charge in [-0.25, -0.2) is 0 Å². The van der Waals surface area contributed by atoms with E-state index in [0.29, 0.717) is 0 Å². The molecular weight excluding hydrogens is 154 g/mol. The molecule has 0 rings (SSSR count). The lowest BCUT2D eigenvalue weighted by Gasteiger charge is -1.80. The van der Waals surface area contributed by atoms with Gasteiger partial charge in [0, 0.05) is 0 Å². The molecule has 72 valence electrons. The topological polar surface area (TPSA) is 26.0 Å². The molecule has 0 radical (unpaired) electrons. The maximum absolute atomic E-state index is 5.14. The van der Waals surface area contributed by atoms with Crippen molar-refractivity contribution in [2.24, 2.45) is 5.73 Å². The van der Waals surface area contributed by atoms with Crippen LogP contribution in [0.1, 0.15) is 47.0 Å². The fourth-order valence-corrected chi connectivity index (χ4v) is 0.678. The van der Waals surface area contributed by atoms with E-state index in [1.807, 2.05) is 0 Å². The van der Waals surface area contributed by atoms with Crippen molar-refractivity contribution in [2.75, 3.05) is 12.3 Å². The highest BCUT2D eigenvalue weighted by molar-refractivity contribution is 7.80. The van der Waals surface area contributed by atoms with E-state index in [4.69, 9.17) is 5.73 Å². The Morgan fingerprint density at radius 1 is 1.09 bits per heavy atom. The maximum atomic E-state index is 5.14. The number of hydrogen-bond donors (Lipinski definition) is 2. The van der Waals surface area contributed by atoms with Crippen LogP contribution in [0.4, 0.5) is 0 Å². The van der Waals surface area contributed by atoms with Gasteiger partial charge >= 0.3 is 0 Å². The van der Waals surface area contributed by atoms with Crippen molar-refractivity contribution in [1.82, 2.24) is 0 Å². The first-order chi connectivity index (χ1) is 4.83. The number of unbranched alkanes of at least 4 members (excludes halogenated alkanes) is 2. The molecule has 0 atom stereocenters. The summed E-state index contributed by atoms with van der Waals surface area (Å²) in [5, 5.41) is 0. The van der Waals surface area contributed by atoms with Crippen LogP contribution in [-0.4, -0.2) is 12.3 Å². The van der Waals surface area contributed by atoms with Gasteiger partial charge in [-0.2, -0.15) is 12.6 Å². The summed E-state index contributed by atoms with van der Waals surface area (Å²) in [6, 6.07) is 0. The summed E-state index contributed by atoms with van der Waals surface area (Å²) in [6.07, 6.45) is 4.91. The average molecular weight is 179 g/mol. The van der Waals surface area contributed by atoms with Gasteiger partial charge in [0.2, 0.25) is 0 Å². The van der Waals surface area contributed by atoms with Gasteiger partial charge in [0.25, 0.3) is 0 Å². The molecule has 0 amide bonds. The number of rotatable bonds is 4. The average Bonchev–Trinajstić information content (AvgIpc) is 1.93. The van der Waals surface area contributed by atoms with E-state index < -0.39 is 0 Å². The minimum absolute atomic E-state index is 0. The van der Waals surface area contributed by atoms with Gasteiger partial charge in [0.1, 0.15) is 0 Å². The van der Waals surface area contributed by atoms with E-state index in [0.717, 1.165) is 12.3 Å². The molecule has 0 bridgehead atoms. The van der Waals surface area contributed by atoms with E-state index >= 15 is 0 Å². The van der Waals surface area contributed by atoms with Crippen molar-refractivity contribution in [1.29, 1.82) is 0 Å². The van der Waals surface area contributed by atoms with Crippen molar-refractivity contribution >= 4 is 12.6 Å². The molecule has 0 aliphatic carbocycles. The highest BCUT2D eigenvalue weighted by Gasteiger charge is 1.69. The first-order valence-electron chi connectivity index (χ1n) is 4.14. The lowest BCUT2D eigenvalue weighted by Crippen LogP contribution is -1.95. The molecular formula is C9H25NS. The Bertz CT molecular complexity index is 30.5. The van der Waals surface area contributed by atoms with Gasteiger partial charge in [-0.3, -0.25) is 0 Å². The zero-order valence-electron chi connectivity index (χ0n) is 7.27. The first kappa shape index (κ1) is 17.4. The van der Waals surface area contributed by atoms with Crippen LogP contribution in [0.3, 0.4) is 0 Å². The van der Waals surface area contributed by atoms with Crippen molar-refractivity contribution in [3.63, 3.8) is 0 Å². The molecule has 2 N–H and O–H groups in total. The molecule has 0 aliphatic rings. The third-order valence-corrected chi connectivity index (χ3v) is 1.39. The molecule has 0 spiro atoms. The maximum Gasteiger partial charge on any atom is -0.00774 e. The van der Waals surface area contributed by atoms with Crippen LogP contribution in [0.5, 0.6) is 0 Å². The van der Waals surface area contributed by atoms with E-state index in [1.54, 1.807) is 0 Å². The summed E-state index contributed by atoms with van der Waals surface area (Å²) in [4.78, 5) is 0. The summed E-state index contributed by atoms with van der Waals surface area (Å²) in [5.74, 6) is 1.04. The molecule has 0 aromatic carbocycles. The van der Waals surface area contributed by atoms with E-state index in [1.165, 1.54) is 25.7 Å². The Morgan fingerprint density at radius 3 is 1.55 bits per heavy atom. The van der Waals surface area contributed by atoms with Gasteiger partial charge in [-0.15, -0.1) is 0 Å². The summed E-state index contributed by atoms with van der Waals surface area (Å²) < 4.78 is 0. The second kappa shape index (κ2) is 22.4. The fraction of sp³-hybridized carbons (Fsp3) is 1.00. The molecule has 0 saturated carbocycles. The third kappa shape index (κ3) is 38.3. The third-order valence-electron chi connectivity index (χ3n) is 1.07. The number of nitrogens with two attached hydrogens (primary N) is 1. The van der Waals surface area contributed by atoms with Crippen LogP contribution in [0, 0.1) is 0 Å². The number of thiol groups is 1. The fourth-order valence-electron chi connectivity index (χ4n) is 0.362. The van der Waals surface area contributed by atoms with Crippen LogP contribution in [0.15, 0.2) is 0 Å². The Morgan fingerprint density at radius 2 is 1.55 bits per heavy atom. The van der Waals surface area contributed by atoms with Crippen molar-refractivity contribution in [2.45, 2.75) is 47.0 Å². The second-order valence-corrected chi connectivity index (χ2v) is 2.67. The molecule has 2 heteroatoms. The van der Waals surface area contributed by atoms with Gasteiger partial charge in [0.15, 0.2) is 0 Å². The monoisotopic (exact) mass is 179 g/mol. The first-order valence-corrected chi connectivity index (χ1v) is 4.77. The minimum atomic E-state index is 0. The molecule has 0 aromatic heterocycles. The zero-order valence-corrected chi connectivity index (χ0v) is 8.16. The standard InChI is InChI=1S/C4H11N.C4H10S.CH4/c2*1-2-3-4-5;/h2-5H2,1H3;5H,2-4H2,1H3;1H4. The Balaban J connectivity index is -0.000000107. The van der Waals surface area contributed by atoms with Crippen LogP contribution in [0.2, 0.25) is 0 Å². The molecule has 1 nitrogen and oxygen atoms in total. The lowest BCUT2D eigenvalue weighted by atomic mass is 10.3. The minimum Gasteiger partial charge on any atom is -0.330 e. The molecule has 0 aromatic rings. The van der Waals surface area contributed by atoms with Crippen LogP contribution in [-0.2, 0) is 0 Å². The summed E-state index contributed by atoms with van der Waals surface area (Å²) in [5.41, 5.74) is 5.14. The Hall–Kier alpha value is 0.310. The second-order valence-electron chi connectivity index (χ2n) is 2.22. The van der Waals surface area contributed by atoms with Crippen LogP contribution >= 0.6 is 12.6 Å². The van der Waals surface area contributed by atoms with Crippen molar-refractivity contribution in [3.05, 3.63) is 0 Å². The van der Waals surface area contributed by atoms with Crippen LogP contribution < -0.4 is 5.73 Å². The zero-order chi connectivity index (χ0) is 8.24. The highest BCUT2D eigenvalue weighted by Crippen LogP contribution is 1.85. The quantitative estimate of drug-likeness (QED) is 0.637. The van der Waals surface area contributed by atoms with Crippen molar-refractivity contribution in [3.8, 4) is 0 Å². The molecule has 0 unspecified atom stereocenters. The number of hydrogen-bond acceptors (Lipinski definition) is 2. The summed E-state index contributed by atoms with van der Waals surface area (Å²) in [7, 11) is 0. The van der Waals surface area contributed by atoms with Gasteiger partial charge in [0.05, 0.1) is 0 Å². The Labute approximate surface area is 78.2 Å². The normalized spacial score (nSPS) is 7.64. The lowest BCUT2D eigenvalue weighted by molar-refractivity contribution is 0.807. The highest BCUT2D eigenvalue weighted by atomic mass is 32.1. The van der Waals surface area contributed by atoms with Gasteiger partial charge in [-0.05, 0) is 25.1 Å². The molecule has 0 fully saturated rings. The molecule has 11 heavy (non-hydrogen) atoms.